The second-order valence-electron chi connectivity index (χ2n) is 8.60. The average Bonchev–Trinajstić information content (AvgIpc) is 2.88. The number of alkyl carbamates (subject to hydrolysis) is 1. The van der Waals surface area contributed by atoms with Gasteiger partial charge in [0.25, 0.3) is 0 Å². The summed E-state index contributed by atoms with van der Waals surface area (Å²) >= 11 is 0. The number of amides is 3. The molecule has 0 bridgehead atoms. The van der Waals surface area contributed by atoms with E-state index >= 15 is 0 Å². The van der Waals surface area contributed by atoms with Crippen molar-refractivity contribution in [3.05, 3.63) is 35.9 Å². The molecule has 37 heavy (non-hydrogen) atoms. The quantitative estimate of drug-likeness (QED) is 0.177. The number of carboxylic acids is 1. The lowest BCUT2D eigenvalue weighted by molar-refractivity contribution is -0.145. The summed E-state index contributed by atoms with van der Waals surface area (Å²) in [7, 11) is 0. The fourth-order valence-corrected chi connectivity index (χ4v) is 3.65. The van der Waals surface area contributed by atoms with Crippen molar-refractivity contribution in [2.45, 2.75) is 44.9 Å². The van der Waals surface area contributed by atoms with Gasteiger partial charge in [0.1, 0.15) is 19.2 Å². The van der Waals surface area contributed by atoms with Gasteiger partial charge in [-0.05, 0) is 12.0 Å². The number of hydrogen-bond donors (Lipinski definition) is 5. The van der Waals surface area contributed by atoms with Gasteiger partial charge in [0.2, 0.25) is 11.8 Å². The monoisotopic (exact) mass is 520 g/mol. The molecular weight excluding hydrogens is 484 g/mol. The molecule has 1 aliphatic rings. The topological polar surface area (TPSA) is 187 Å². The third-order valence-electron chi connectivity index (χ3n) is 5.62. The molecule has 0 saturated carbocycles. The number of nitrogens with one attached hydrogen (secondary N) is 3. The molecular formula is C24H36N6O7. The number of hydrogen-bond acceptors (Lipinski definition) is 7. The molecule has 0 radical (unpaired) electrons. The molecule has 0 aromatic heterocycles. The Labute approximate surface area is 215 Å². The number of morpholine rings is 1. The summed E-state index contributed by atoms with van der Waals surface area (Å²) in [6.07, 6.45) is -0.465. The Hall–Kier alpha value is -3.87. The normalized spacial score (nSPS) is 15.8. The predicted octanol–water partition coefficient (Wildman–Crippen LogP) is 0.0953. The highest BCUT2D eigenvalue weighted by Crippen LogP contribution is 2.07. The SMILES string of the molecule is CCCCN(CC(=O)O)C(=O)[C@H](CC(=O)NCC1CN(C(=N)N)CCO1)NC(=O)OCc1ccccc1. The molecule has 0 spiro atoms. The number of ether oxygens (including phenoxy) is 2. The Bertz CT molecular complexity index is 929. The molecule has 6 N–H and O–H groups in total. The van der Waals surface area contributed by atoms with E-state index in [1.165, 1.54) is 0 Å². The first-order valence-corrected chi connectivity index (χ1v) is 12.1. The van der Waals surface area contributed by atoms with Gasteiger partial charge >= 0.3 is 12.1 Å². The third-order valence-corrected chi connectivity index (χ3v) is 5.62. The lowest BCUT2D eigenvalue weighted by Crippen LogP contribution is -2.53. The van der Waals surface area contributed by atoms with Crippen LogP contribution in [0.5, 0.6) is 0 Å². The molecule has 1 saturated heterocycles. The van der Waals surface area contributed by atoms with Gasteiger partial charge in [0.05, 0.1) is 19.1 Å². The fourth-order valence-electron chi connectivity index (χ4n) is 3.65. The van der Waals surface area contributed by atoms with E-state index in [4.69, 9.17) is 20.6 Å². The summed E-state index contributed by atoms with van der Waals surface area (Å²) in [6, 6.07) is 7.60. The molecule has 1 aromatic rings. The number of aliphatic carboxylic acids is 1. The van der Waals surface area contributed by atoms with E-state index in [2.05, 4.69) is 10.6 Å². The van der Waals surface area contributed by atoms with Crippen molar-refractivity contribution in [1.82, 2.24) is 20.4 Å². The number of guanidine groups is 1. The molecule has 1 aromatic carbocycles. The largest absolute Gasteiger partial charge is 0.480 e. The van der Waals surface area contributed by atoms with Crippen LogP contribution < -0.4 is 16.4 Å². The highest BCUT2D eigenvalue weighted by molar-refractivity contribution is 5.92. The lowest BCUT2D eigenvalue weighted by atomic mass is 10.1. The van der Waals surface area contributed by atoms with Crippen molar-refractivity contribution in [3.63, 3.8) is 0 Å². The Morgan fingerprint density at radius 3 is 2.68 bits per heavy atom. The van der Waals surface area contributed by atoms with Crippen molar-refractivity contribution >= 4 is 29.8 Å². The van der Waals surface area contributed by atoms with Crippen LogP contribution in [-0.2, 0) is 30.5 Å². The van der Waals surface area contributed by atoms with Crippen LogP contribution in [0.2, 0.25) is 0 Å². The van der Waals surface area contributed by atoms with E-state index < -0.39 is 49.0 Å². The maximum absolute atomic E-state index is 13.2. The van der Waals surface area contributed by atoms with Crippen molar-refractivity contribution in [3.8, 4) is 0 Å². The molecule has 2 atom stereocenters. The van der Waals surface area contributed by atoms with Crippen LogP contribution in [0.1, 0.15) is 31.7 Å². The average molecular weight is 521 g/mol. The van der Waals surface area contributed by atoms with Gasteiger partial charge in [-0.1, -0.05) is 43.7 Å². The smallest absolute Gasteiger partial charge is 0.408 e. The first kappa shape index (κ1) is 29.4. The van der Waals surface area contributed by atoms with Crippen molar-refractivity contribution in [1.29, 1.82) is 5.41 Å². The number of rotatable bonds is 13. The van der Waals surface area contributed by atoms with Gasteiger partial charge in [0, 0.05) is 26.2 Å². The summed E-state index contributed by atoms with van der Waals surface area (Å²) in [5.74, 6) is -2.53. The van der Waals surface area contributed by atoms with Gasteiger partial charge in [-0.25, -0.2) is 4.79 Å². The van der Waals surface area contributed by atoms with Crippen LogP contribution in [0, 0.1) is 5.41 Å². The predicted molar refractivity (Wildman–Crippen MR) is 134 cm³/mol. The first-order chi connectivity index (χ1) is 17.7. The van der Waals surface area contributed by atoms with Gasteiger partial charge in [0.15, 0.2) is 5.96 Å². The maximum atomic E-state index is 13.2. The number of nitrogens with zero attached hydrogens (tertiary/aromatic N) is 2. The van der Waals surface area contributed by atoms with Crippen LogP contribution in [-0.4, -0.2) is 96.2 Å². The van der Waals surface area contributed by atoms with E-state index in [0.717, 1.165) is 16.9 Å². The minimum absolute atomic E-state index is 0.0415. The molecule has 204 valence electrons. The minimum atomic E-state index is -1.33. The zero-order valence-corrected chi connectivity index (χ0v) is 21.0. The Kier molecular flexibility index (Phi) is 12.1. The molecule has 3 amide bonds. The summed E-state index contributed by atoms with van der Waals surface area (Å²) in [4.78, 5) is 52.4. The summed E-state index contributed by atoms with van der Waals surface area (Å²) in [5, 5.41) is 21.9. The highest BCUT2D eigenvalue weighted by Gasteiger charge is 2.30. The zero-order chi connectivity index (χ0) is 27.2. The molecule has 1 aliphatic heterocycles. The number of unbranched alkanes of at least 4 members (excludes halogenated alkanes) is 1. The Balaban J connectivity index is 2.03. The van der Waals surface area contributed by atoms with E-state index in [1.807, 2.05) is 13.0 Å². The van der Waals surface area contributed by atoms with Gasteiger partial charge in [-0.3, -0.25) is 19.8 Å². The van der Waals surface area contributed by atoms with Crippen LogP contribution in [0.4, 0.5) is 4.79 Å². The maximum Gasteiger partial charge on any atom is 0.408 e. The minimum Gasteiger partial charge on any atom is -0.480 e. The number of carboxylic acid groups (broad SMARTS) is 1. The van der Waals surface area contributed by atoms with E-state index in [0.29, 0.717) is 26.1 Å². The highest BCUT2D eigenvalue weighted by atomic mass is 16.5. The molecule has 13 nitrogen and oxygen atoms in total. The van der Waals surface area contributed by atoms with Crippen LogP contribution in [0.15, 0.2) is 30.3 Å². The fraction of sp³-hybridized carbons (Fsp3) is 0.542. The van der Waals surface area contributed by atoms with E-state index in [9.17, 15) is 24.3 Å². The summed E-state index contributed by atoms with van der Waals surface area (Å²) < 4.78 is 10.8. The second-order valence-corrected chi connectivity index (χ2v) is 8.60. The number of carbonyl (C=O) groups is 4. The zero-order valence-electron chi connectivity index (χ0n) is 21.0. The van der Waals surface area contributed by atoms with Crippen molar-refractivity contribution in [2.75, 3.05) is 39.3 Å². The third kappa shape index (κ3) is 10.7. The lowest BCUT2D eigenvalue weighted by Gasteiger charge is -2.33. The van der Waals surface area contributed by atoms with Gasteiger partial charge in [-0.2, -0.15) is 0 Å². The van der Waals surface area contributed by atoms with Crippen molar-refractivity contribution in [2.24, 2.45) is 5.73 Å². The Morgan fingerprint density at radius 2 is 2.03 bits per heavy atom. The molecule has 1 fully saturated rings. The van der Waals surface area contributed by atoms with Crippen LogP contribution in [0.3, 0.4) is 0 Å². The molecule has 2 rings (SSSR count). The first-order valence-electron chi connectivity index (χ1n) is 12.1. The van der Waals surface area contributed by atoms with Crippen LogP contribution in [0.25, 0.3) is 0 Å². The Morgan fingerprint density at radius 1 is 1.30 bits per heavy atom. The van der Waals surface area contributed by atoms with Crippen LogP contribution >= 0.6 is 0 Å². The number of nitrogens with two attached hydrogens (primary N) is 1. The van der Waals surface area contributed by atoms with Gasteiger partial charge in [-0.15, -0.1) is 0 Å². The summed E-state index contributed by atoms with van der Waals surface area (Å²) in [5.41, 5.74) is 6.26. The molecule has 1 heterocycles. The molecule has 13 heteroatoms. The number of carbonyl (C=O) groups excluding carboxylic acids is 3. The second kappa shape index (κ2) is 15.3. The van der Waals surface area contributed by atoms with Crippen molar-refractivity contribution < 1.29 is 33.8 Å². The number of benzene rings is 1. The summed E-state index contributed by atoms with van der Waals surface area (Å²) in [6.45, 7) is 2.71. The standard InChI is InChI=1S/C24H36N6O7/c1-2-3-9-29(15-21(32)33)22(34)19(28-24(35)37-16-17-7-5-4-6-8-17)12-20(31)27-13-18-14-30(23(25)26)10-11-36-18/h4-8,18-19H,2-3,9-16H2,1H3,(H3,25,26)(H,27,31)(H,28,35)(H,32,33)/t18?,19-/m0/s1. The van der Waals surface area contributed by atoms with E-state index in [-0.39, 0.29) is 25.7 Å². The van der Waals surface area contributed by atoms with Gasteiger partial charge < -0.3 is 40.7 Å². The molecule has 1 unspecified atom stereocenters. The molecule has 0 aliphatic carbocycles. The van der Waals surface area contributed by atoms with E-state index in [1.54, 1.807) is 29.2 Å².